The van der Waals surface area contributed by atoms with Crippen molar-refractivity contribution in [3.05, 3.63) is 57.4 Å². The van der Waals surface area contributed by atoms with Gasteiger partial charge in [-0.2, -0.15) is 0 Å². The molecular formula is C20H20ClNO2. The first kappa shape index (κ1) is 15.6. The molecule has 3 nitrogen and oxygen atoms in total. The molecule has 1 heterocycles. The van der Waals surface area contributed by atoms with Crippen LogP contribution in [0.15, 0.2) is 46.8 Å². The highest BCUT2D eigenvalue weighted by atomic mass is 35.5. The van der Waals surface area contributed by atoms with E-state index in [1.807, 2.05) is 31.3 Å². The van der Waals surface area contributed by atoms with E-state index in [1.54, 1.807) is 0 Å². The fraction of sp³-hybridized carbons (Fsp3) is 0.400. The first-order valence-corrected chi connectivity index (χ1v) is 8.97. The largest absolute Gasteiger partial charge is 0.351 e. The van der Waals surface area contributed by atoms with Gasteiger partial charge in [-0.25, -0.2) is 0 Å². The van der Waals surface area contributed by atoms with Crippen LogP contribution in [0.3, 0.4) is 0 Å². The van der Waals surface area contributed by atoms with Crippen molar-refractivity contribution < 1.29 is 9.59 Å². The number of rotatable bonds is 1. The molecule has 0 aromatic heterocycles. The lowest BCUT2D eigenvalue weighted by molar-refractivity contribution is -0.117. The standard InChI is InChI=1S/C20H20ClNO2/c1-22-14-4-2-6-16(23)19(14)18(12-8-10-13(21)11-9-12)20-15(22)5-3-7-17(20)24/h8-11,18H,2-7H2,1H3. The summed E-state index contributed by atoms with van der Waals surface area (Å²) in [4.78, 5) is 27.7. The average Bonchev–Trinajstić information content (AvgIpc) is 2.58. The number of carbonyl (C=O) groups is 2. The summed E-state index contributed by atoms with van der Waals surface area (Å²) < 4.78 is 0. The monoisotopic (exact) mass is 341 g/mol. The molecular weight excluding hydrogens is 322 g/mol. The molecule has 24 heavy (non-hydrogen) atoms. The van der Waals surface area contributed by atoms with Crippen LogP contribution in [0.4, 0.5) is 0 Å². The fourth-order valence-electron chi connectivity index (χ4n) is 4.34. The Bertz CT molecular complexity index is 744. The number of halogens is 1. The molecule has 4 heteroatoms. The number of nitrogens with zero attached hydrogens (tertiary/aromatic N) is 1. The minimum Gasteiger partial charge on any atom is -0.351 e. The van der Waals surface area contributed by atoms with E-state index in [4.69, 9.17) is 11.6 Å². The van der Waals surface area contributed by atoms with Crippen molar-refractivity contribution in [1.29, 1.82) is 0 Å². The fourth-order valence-corrected chi connectivity index (χ4v) is 4.47. The predicted molar refractivity (Wildman–Crippen MR) is 93.7 cm³/mol. The van der Waals surface area contributed by atoms with Crippen LogP contribution in [0.1, 0.15) is 50.0 Å². The van der Waals surface area contributed by atoms with Crippen LogP contribution < -0.4 is 0 Å². The van der Waals surface area contributed by atoms with Crippen LogP contribution in [0.2, 0.25) is 5.02 Å². The van der Waals surface area contributed by atoms with Crippen LogP contribution in [0.5, 0.6) is 0 Å². The lowest BCUT2D eigenvalue weighted by atomic mass is 9.71. The number of hydrogen-bond donors (Lipinski definition) is 0. The van der Waals surface area contributed by atoms with E-state index in [0.717, 1.165) is 53.8 Å². The van der Waals surface area contributed by atoms with Gasteiger partial charge < -0.3 is 4.90 Å². The Morgan fingerprint density at radius 3 is 1.88 bits per heavy atom. The zero-order chi connectivity index (χ0) is 16.8. The van der Waals surface area contributed by atoms with E-state index in [0.29, 0.717) is 17.9 Å². The first-order chi connectivity index (χ1) is 11.6. The molecule has 0 fully saturated rings. The van der Waals surface area contributed by atoms with Crippen molar-refractivity contribution in [3.63, 3.8) is 0 Å². The van der Waals surface area contributed by atoms with E-state index in [1.165, 1.54) is 0 Å². The zero-order valence-electron chi connectivity index (χ0n) is 13.8. The summed E-state index contributed by atoms with van der Waals surface area (Å²) in [6, 6.07) is 7.60. The molecule has 0 radical (unpaired) electrons. The van der Waals surface area contributed by atoms with E-state index in [2.05, 4.69) is 4.90 Å². The summed E-state index contributed by atoms with van der Waals surface area (Å²) in [5, 5.41) is 0.667. The van der Waals surface area contributed by atoms with Crippen molar-refractivity contribution in [2.75, 3.05) is 7.05 Å². The van der Waals surface area contributed by atoms with Gasteiger partial charge in [0.15, 0.2) is 11.6 Å². The van der Waals surface area contributed by atoms with Crippen LogP contribution >= 0.6 is 11.6 Å². The third kappa shape index (κ3) is 2.34. The van der Waals surface area contributed by atoms with Gasteiger partial charge in [0.2, 0.25) is 0 Å². The molecule has 124 valence electrons. The maximum absolute atomic E-state index is 12.8. The van der Waals surface area contributed by atoms with Gasteiger partial charge >= 0.3 is 0 Å². The molecule has 0 unspecified atom stereocenters. The second-order valence-corrected chi connectivity index (χ2v) is 7.25. The Kier molecular flexibility index (Phi) is 3.84. The minimum absolute atomic E-state index is 0.188. The number of carbonyl (C=O) groups excluding carboxylic acids is 2. The molecule has 0 bridgehead atoms. The Morgan fingerprint density at radius 1 is 0.875 bits per heavy atom. The predicted octanol–water partition coefficient (Wildman–Crippen LogP) is 4.38. The lowest BCUT2D eigenvalue weighted by Gasteiger charge is -2.42. The first-order valence-electron chi connectivity index (χ1n) is 8.59. The molecule has 0 saturated carbocycles. The van der Waals surface area contributed by atoms with Crippen LogP contribution in [-0.4, -0.2) is 23.5 Å². The average molecular weight is 342 g/mol. The Balaban J connectivity index is 1.94. The van der Waals surface area contributed by atoms with Gasteiger partial charge in [-0.1, -0.05) is 23.7 Å². The Labute approximate surface area is 147 Å². The molecule has 0 N–H and O–H groups in total. The third-order valence-corrected chi connectivity index (χ3v) is 5.70. The van der Waals surface area contributed by atoms with E-state index >= 15 is 0 Å². The summed E-state index contributed by atoms with van der Waals surface area (Å²) in [6.45, 7) is 0. The summed E-state index contributed by atoms with van der Waals surface area (Å²) in [5.41, 5.74) is 4.89. The molecule has 0 saturated heterocycles. The molecule has 2 aliphatic carbocycles. The smallest absolute Gasteiger partial charge is 0.161 e. The highest BCUT2D eigenvalue weighted by molar-refractivity contribution is 6.30. The van der Waals surface area contributed by atoms with E-state index < -0.39 is 0 Å². The van der Waals surface area contributed by atoms with E-state index in [9.17, 15) is 9.59 Å². The summed E-state index contributed by atoms with van der Waals surface area (Å²) >= 11 is 6.04. The zero-order valence-corrected chi connectivity index (χ0v) is 14.5. The topological polar surface area (TPSA) is 37.4 Å². The normalized spacial score (nSPS) is 22.0. The number of hydrogen-bond acceptors (Lipinski definition) is 3. The highest BCUT2D eigenvalue weighted by Gasteiger charge is 2.42. The second-order valence-electron chi connectivity index (χ2n) is 6.82. The molecule has 0 atom stereocenters. The number of benzene rings is 1. The SMILES string of the molecule is CN1C2=C(C(=O)CCC2)C(c2ccc(Cl)cc2)C2=C1CCCC2=O. The highest BCUT2D eigenvalue weighted by Crippen LogP contribution is 2.48. The molecule has 3 aliphatic rings. The number of ketones is 2. The molecule has 1 aromatic carbocycles. The van der Waals surface area contributed by atoms with Crippen molar-refractivity contribution in [2.45, 2.75) is 44.4 Å². The minimum atomic E-state index is -0.218. The van der Waals surface area contributed by atoms with Crippen molar-refractivity contribution in [1.82, 2.24) is 4.90 Å². The number of Topliss-reactive ketones (excluding diaryl/α,β-unsaturated/α-hetero) is 2. The van der Waals surface area contributed by atoms with Crippen molar-refractivity contribution in [3.8, 4) is 0 Å². The summed E-state index contributed by atoms with van der Waals surface area (Å²) in [5.74, 6) is 0.157. The second kappa shape index (κ2) is 5.89. The quantitative estimate of drug-likeness (QED) is 0.760. The van der Waals surface area contributed by atoms with Gasteiger partial charge in [0.25, 0.3) is 0 Å². The maximum Gasteiger partial charge on any atom is 0.161 e. The molecule has 0 spiro atoms. The van der Waals surface area contributed by atoms with Crippen LogP contribution in [0.25, 0.3) is 0 Å². The molecule has 0 amide bonds. The van der Waals surface area contributed by atoms with Gasteiger partial charge in [0.1, 0.15) is 0 Å². The van der Waals surface area contributed by atoms with Crippen LogP contribution in [-0.2, 0) is 9.59 Å². The number of allylic oxidation sites excluding steroid dienone is 4. The van der Waals surface area contributed by atoms with Crippen LogP contribution in [0, 0.1) is 0 Å². The molecule has 4 rings (SSSR count). The van der Waals surface area contributed by atoms with Gasteiger partial charge in [0, 0.05) is 53.4 Å². The van der Waals surface area contributed by atoms with Gasteiger partial charge in [-0.3, -0.25) is 9.59 Å². The molecule has 1 aromatic rings. The summed E-state index contributed by atoms with van der Waals surface area (Å²) in [7, 11) is 2.01. The lowest BCUT2D eigenvalue weighted by Crippen LogP contribution is -2.37. The maximum atomic E-state index is 12.8. The Hall–Kier alpha value is -1.87. The van der Waals surface area contributed by atoms with Crippen molar-refractivity contribution in [2.24, 2.45) is 0 Å². The van der Waals surface area contributed by atoms with E-state index in [-0.39, 0.29) is 17.5 Å². The Morgan fingerprint density at radius 2 is 1.38 bits per heavy atom. The van der Waals surface area contributed by atoms with Gasteiger partial charge in [-0.05, 0) is 43.4 Å². The molecule has 1 aliphatic heterocycles. The summed E-state index contributed by atoms with van der Waals surface area (Å²) in [6.07, 6.45) is 4.76. The third-order valence-electron chi connectivity index (χ3n) is 5.45. The van der Waals surface area contributed by atoms with Gasteiger partial charge in [0.05, 0.1) is 0 Å². The van der Waals surface area contributed by atoms with Crippen molar-refractivity contribution >= 4 is 23.2 Å². The van der Waals surface area contributed by atoms with Gasteiger partial charge in [-0.15, -0.1) is 0 Å².